The van der Waals surface area contributed by atoms with Crippen molar-refractivity contribution in [1.82, 2.24) is 15.1 Å². The lowest BCUT2D eigenvalue weighted by atomic mass is 9.37. The number of hydrogen-bond acceptors (Lipinski definition) is 4. The van der Waals surface area contributed by atoms with Crippen LogP contribution in [0.2, 0.25) is 0 Å². The maximum Gasteiger partial charge on any atom is 0.333 e. The van der Waals surface area contributed by atoms with Crippen LogP contribution in [0.15, 0.2) is 0 Å². The Labute approximate surface area is 116 Å². The first-order valence-corrected chi connectivity index (χ1v) is 7.17. The fourth-order valence-corrected chi connectivity index (χ4v) is 4.67. The molecule has 3 aliphatic carbocycles. The number of aliphatic carboxylic acids is 1. The van der Waals surface area contributed by atoms with Crippen molar-refractivity contribution in [1.29, 1.82) is 0 Å². The minimum Gasteiger partial charge on any atom is -0.479 e. The van der Waals surface area contributed by atoms with Gasteiger partial charge in [-0.05, 0) is 19.3 Å². The number of nitrogens with one attached hydrogen (secondary N) is 1. The average molecular weight is 281 g/mol. The van der Waals surface area contributed by atoms with Gasteiger partial charge in [-0.15, -0.1) is 0 Å². The molecule has 3 N–H and O–H groups in total. The van der Waals surface area contributed by atoms with Crippen molar-refractivity contribution in [2.24, 2.45) is 5.41 Å². The van der Waals surface area contributed by atoms with Crippen LogP contribution in [0.3, 0.4) is 0 Å². The SMILES string of the molecule is O=C(O)C(O)C12CC(N3CC4CNCCN4C3=O)(C1)C2. The first-order chi connectivity index (χ1) is 9.47. The van der Waals surface area contributed by atoms with Gasteiger partial charge < -0.3 is 25.3 Å². The monoisotopic (exact) mass is 281 g/mol. The Hall–Kier alpha value is -1.34. The van der Waals surface area contributed by atoms with Crippen LogP contribution in [-0.4, -0.2) is 75.9 Å². The third kappa shape index (κ3) is 1.32. The molecule has 5 rings (SSSR count). The Bertz CT molecular complexity index is 474. The Morgan fingerprint density at radius 1 is 1.40 bits per heavy atom. The minimum absolute atomic E-state index is 0.0922. The summed E-state index contributed by atoms with van der Waals surface area (Å²) in [6, 6.07) is 0.334. The van der Waals surface area contributed by atoms with Gasteiger partial charge in [0.1, 0.15) is 0 Å². The molecule has 20 heavy (non-hydrogen) atoms. The lowest BCUT2D eigenvalue weighted by Crippen LogP contribution is -2.78. The number of aliphatic hydroxyl groups excluding tert-OH is 1. The van der Waals surface area contributed by atoms with E-state index in [2.05, 4.69) is 5.32 Å². The van der Waals surface area contributed by atoms with Crippen molar-refractivity contribution in [2.75, 3.05) is 26.2 Å². The number of carboxylic acid groups (broad SMARTS) is 1. The van der Waals surface area contributed by atoms with Gasteiger partial charge in [-0.1, -0.05) is 0 Å². The molecule has 0 aromatic carbocycles. The molecule has 2 aliphatic heterocycles. The summed E-state index contributed by atoms with van der Waals surface area (Å²) >= 11 is 0. The Kier molecular flexibility index (Phi) is 2.26. The molecule has 2 bridgehead atoms. The van der Waals surface area contributed by atoms with Crippen molar-refractivity contribution in [2.45, 2.75) is 36.9 Å². The van der Waals surface area contributed by atoms with Crippen molar-refractivity contribution in [3.8, 4) is 0 Å². The van der Waals surface area contributed by atoms with Crippen LogP contribution < -0.4 is 5.32 Å². The highest BCUT2D eigenvalue weighted by molar-refractivity contribution is 5.80. The van der Waals surface area contributed by atoms with Gasteiger partial charge in [0.25, 0.3) is 0 Å². The van der Waals surface area contributed by atoms with Crippen molar-refractivity contribution in [3.63, 3.8) is 0 Å². The number of fused-ring (bicyclic) bond motifs is 1. The molecule has 0 aromatic heterocycles. The fraction of sp³-hybridized carbons (Fsp3) is 0.846. The molecule has 3 saturated carbocycles. The second-order valence-electron chi connectivity index (χ2n) is 6.80. The van der Waals surface area contributed by atoms with Gasteiger partial charge in [-0.3, -0.25) is 0 Å². The Morgan fingerprint density at radius 2 is 2.10 bits per heavy atom. The highest BCUT2D eigenvalue weighted by Gasteiger charge is 2.75. The lowest BCUT2D eigenvalue weighted by Gasteiger charge is -2.73. The third-order valence-electron chi connectivity index (χ3n) is 5.65. The molecule has 2 heterocycles. The van der Waals surface area contributed by atoms with Gasteiger partial charge in [0.2, 0.25) is 0 Å². The smallest absolute Gasteiger partial charge is 0.333 e. The van der Waals surface area contributed by atoms with Crippen LogP contribution in [0.5, 0.6) is 0 Å². The van der Waals surface area contributed by atoms with E-state index in [1.54, 1.807) is 0 Å². The van der Waals surface area contributed by atoms with E-state index in [9.17, 15) is 14.7 Å². The first kappa shape index (κ1) is 12.4. The molecule has 0 aromatic rings. The van der Waals surface area contributed by atoms with Crippen LogP contribution >= 0.6 is 0 Å². The Balaban J connectivity index is 1.47. The van der Waals surface area contributed by atoms with Gasteiger partial charge >= 0.3 is 12.0 Å². The number of piperazine rings is 1. The van der Waals surface area contributed by atoms with E-state index in [1.165, 1.54) is 0 Å². The molecular formula is C13H19N3O4. The lowest BCUT2D eigenvalue weighted by molar-refractivity contribution is -0.249. The van der Waals surface area contributed by atoms with Crippen LogP contribution in [0.1, 0.15) is 19.3 Å². The molecule has 2 atom stereocenters. The van der Waals surface area contributed by atoms with Crippen LogP contribution in [0, 0.1) is 5.41 Å². The summed E-state index contributed by atoms with van der Waals surface area (Å²) in [6.45, 7) is 3.15. The zero-order chi connectivity index (χ0) is 14.1. The van der Waals surface area contributed by atoms with Crippen molar-refractivity contribution >= 4 is 12.0 Å². The third-order valence-corrected chi connectivity index (χ3v) is 5.65. The number of urea groups is 1. The van der Waals surface area contributed by atoms with Gasteiger partial charge in [0, 0.05) is 37.1 Å². The summed E-state index contributed by atoms with van der Waals surface area (Å²) in [5.74, 6) is -1.15. The first-order valence-electron chi connectivity index (χ1n) is 7.17. The summed E-state index contributed by atoms with van der Waals surface area (Å²) in [6.07, 6.45) is 0.611. The maximum atomic E-state index is 12.5. The Morgan fingerprint density at radius 3 is 2.70 bits per heavy atom. The van der Waals surface area contributed by atoms with E-state index in [4.69, 9.17) is 5.11 Å². The quantitative estimate of drug-likeness (QED) is 0.621. The van der Waals surface area contributed by atoms with E-state index in [1.807, 2.05) is 9.80 Å². The largest absolute Gasteiger partial charge is 0.479 e. The van der Waals surface area contributed by atoms with E-state index >= 15 is 0 Å². The zero-order valence-electron chi connectivity index (χ0n) is 11.2. The predicted octanol–water partition coefficient (Wildman–Crippen LogP) is -0.936. The zero-order valence-corrected chi connectivity index (χ0v) is 11.2. The number of rotatable bonds is 3. The fourth-order valence-electron chi connectivity index (χ4n) is 4.67. The molecule has 110 valence electrons. The highest BCUT2D eigenvalue weighted by atomic mass is 16.4. The van der Waals surface area contributed by atoms with Crippen molar-refractivity contribution in [3.05, 3.63) is 0 Å². The van der Waals surface area contributed by atoms with E-state index in [-0.39, 0.29) is 17.6 Å². The summed E-state index contributed by atoms with van der Waals surface area (Å²) in [5.41, 5.74) is -0.654. The van der Waals surface area contributed by atoms with E-state index < -0.39 is 17.5 Å². The molecule has 5 fully saturated rings. The summed E-state index contributed by atoms with van der Waals surface area (Å²) in [7, 11) is 0. The molecular weight excluding hydrogens is 262 g/mol. The number of carbonyl (C=O) groups excluding carboxylic acids is 1. The van der Waals surface area contributed by atoms with Gasteiger partial charge in [-0.25, -0.2) is 9.59 Å². The minimum atomic E-state index is -1.29. The van der Waals surface area contributed by atoms with Crippen molar-refractivity contribution < 1.29 is 19.8 Å². The number of carboxylic acids is 1. The van der Waals surface area contributed by atoms with Gasteiger partial charge in [0.05, 0.1) is 6.04 Å². The molecule has 7 heteroatoms. The molecule has 5 aliphatic rings. The second kappa shape index (κ2) is 3.65. The standard InChI is InChI=1S/C13H19N3O4/c17-9(10(18)19)12-5-13(6-12,7-12)16-4-8-3-14-1-2-15(8)11(16)20/h8-9,14,17H,1-7H2,(H,18,19). The van der Waals surface area contributed by atoms with E-state index in [0.29, 0.717) is 19.3 Å². The second-order valence-corrected chi connectivity index (χ2v) is 6.80. The van der Waals surface area contributed by atoms with Gasteiger partial charge in [-0.2, -0.15) is 0 Å². The normalized spacial score (nSPS) is 43.6. The van der Waals surface area contributed by atoms with Gasteiger partial charge in [0.15, 0.2) is 6.10 Å². The predicted molar refractivity (Wildman–Crippen MR) is 68.1 cm³/mol. The summed E-state index contributed by atoms with van der Waals surface area (Å²) in [4.78, 5) is 27.2. The molecule has 2 saturated heterocycles. The highest BCUT2D eigenvalue weighted by Crippen LogP contribution is 2.71. The van der Waals surface area contributed by atoms with Crippen LogP contribution in [0.4, 0.5) is 4.79 Å². The molecule has 7 nitrogen and oxygen atoms in total. The van der Waals surface area contributed by atoms with E-state index in [0.717, 1.165) is 26.2 Å². The summed E-state index contributed by atoms with van der Waals surface area (Å²) in [5, 5.41) is 22.0. The topological polar surface area (TPSA) is 93.1 Å². The van der Waals surface area contributed by atoms with Crippen LogP contribution in [0.25, 0.3) is 0 Å². The number of hydrogen-bond donors (Lipinski definition) is 3. The number of amides is 2. The maximum absolute atomic E-state index is 12.5. The molecule has 2 amide bonds. The number of carbonyl (C=O) groups is 2. The number of aliphatic hydroxyl groups is 1. The molecule has 0 spiro atoms. The molecule has 0 radical (unpaired) electrons. The average Bonchev–Trinajstić information content (AvgIpc) is 2.64. The summed E-state index contributed by atoms with van der Waals surface area (Å²) < 4.78 is 0. The number of nitrogens with zero attached hydrogens (tertiary/aromatic N) is 2. The molecule has 2 unspecified atom stereocenters. The van der Waals surface area contributed by atoms with Crippen LogP contribution in [-0.2, 0) is 4.79 Å².